The van der Waals surface area contributed by atoms with Crippen molar-refractivity contribution in [3.8, 4) is 17.0 Å². The number of ether oxygens (including phenoxy) is 3. The summed E-state index contributed by atoms with van der Waals surface area (Å²) in [6, 6.07) is 13.2. The van der Waals surface area contributed by atoms with Gasteiger partial charge in [-0.3, -0.25) is 4.98 Å². The summed E-state index contributed by atoms with van der Waals surface area (Å²) >= 11 is 6.06. The number of amides is 2. The van der Waals surface area contributed by atoms with E-state index in [9.17, 15) is 14.0 Å². The monoisotopic (exact) mass is 666 g/mol. The Morgan fingerprint density at radius 3 is 2.36 bits per heavy atom. The Labute approximate surface area is 279 Å². The second kappa shape index (κ2) is 14.8. The minimum Gasteiger partial charge on any atom is -0.492 e. The molecular formula is C34H40ClFN6O5. The maximum Gasteiger partial charge on any atom is 0.410 e. The van der Waals surface area contributed by atoms with E-state index in [0.29, 0.717) is 27.7 Å². The van der Waals surface area contributed by atoms with Gasteiger partial charge in [0.2, 0.25) is 0 Å². The Bertz CT molecular complexity index is 1730. The number of benzene rings is 2. The number of fused-ring (bicyclic) bond motifs is 1. The maximum atomic E-state index is 14.4. The highest BCUT2D eigenvalue weighted by molar-refractivity contribution is 6.30. The summed E-state index contributed by atoms with van der Waals surface area (Å²) in [5.41, 5.74) is 1.27. The fraction of sp³-hybridized carbons (Fsp3) is 0.382. The Morgan fingerprint density at radius 2 is 1.64 bits per heavy atom. The fourth-order valence-corrected chi connectivity index (χ4v) is 4.51. The van der Waals surface area contributed by atoms with Crippen LogP contribution < -0.4 is 10.1 Å². The molecule has 0 bridgehead atoms. The summed E-state index contributed by atoms with van der Waals surface area (Å²) in [5, 5.41) is 12.6. The van der Waals surface area contributed by atoms with Crippen LogP contribution in [0.3, 0.4) is 0 Å². The molecule has 2 amide bonds. The lowest BCUT2D eigenvalue weighted by atomic mass is 10.1. The number of nitrogens with one attached hydrogen (secondary N) is 1. The van der Waals surface area contributed by atoms with Crippen LogP contribution >= 0.6 is 11.6 Å². The average molecular weight is 667 g/mol. The van der Waals surface area contributed by atoms with E-state index in [-0.39, 0.29) is 31.8 Å². The number of hydrogen-bond donors (Lipinski definition) is 1. The average Bonchev–Trinajstić information content (AvgIpc) is 2.98. The van der Waals surface area contributed by atoms with Crippen molar-refractivity contribution in [1.82, 2.24) is 25.0 Å². The number of anilines is 2. The molecule has 0 aliphatic rings. The van der Waals surface area contributed by atoms with E-state index in [1.165, 1.54) is 34.2 Å². The van der Waals surface area contributed by atoms with Crippen LogP contribution in [0.2, 0.25) is 5.02 Å². The molecule has 0 unspecified atom stereocenters. The molecule has 2 aromatic carbocycles. The third kappa shape index (κ3) is 10.4. The Kier molecular flexibility index (Phi) is 11.1. The highest BCUT2D eigenvalue weighted by atomic mass is 35.5. The first-order valence-electron chi connectivity index (χ1n) is 15.1. The predicted molar refractivity (Wildman–Crippen MR) is 180 cm³/mol. The molecule has 0 saturated carbocycles. The molecule has 47 heavy (non-hydrogen) atoms. The van der Waals surface area contributed by atoms with Crippen molar-refractivity contribution in [3.63, 3.8) is 0 Å². The van der Waals surface area contributed by atoms with Crippen LogP contribution in [-0.2, 0) is 9.47 Å². The normalized spacial score (nSPS) is 11.6. The van der Waals surface area contributed by atoms with Gasteiger partial charge in [0.25, 0.3) is 0 Å². The van der Waals surface area contributed by atoms with Gasteiger partial charge < -0.3 is 29.3 Å². The Morgan fingerprint density at radius 1 is 0.915 bits per heavy atom. The van der Waals surface area contributed by atoms with Crippen LogP contribution in [0.1, 0.15) is 41.5 Å². The molecule has 0 saturated heterocycles. The SMILES string of the molecule is CN(CCN(CCOc1ccc2c(Nc3cnnc(-c4cc(Cl)ccc4F)c3)ccnc2c1)C(=O)OC(C)(C)C)C(=O)OC(C)(C)C. The first kappa shape index (κ1) is 35.1. The van der Waals surface area contributed by atoms with Crippen LogP contribution in [-0.4, -0.2) is 81.7 Å². The standard InChI is InChI=1S/C34H40ClFN6O5/c1-33(2,3)46-31(43)41(7)14-15-42(32(44)47-34(4,5)6)16-17-45-24-9-10-25-28(12-13-37-29(25)20-24)39-23-19-30(40-38-21-23)26-18-22(35)8-11-27(26)36/h8-13,18-21H,14-17H2,1-7H3,(H,37,39,40). The summed E-state index contributed by atoms with van der Waals surface area (Å²) in [4.78, 5) is 32.8. The van der Waals surface area contributed by atoms with Crippen molar-refractivity contribution in [2.24, 2.45) is 0 Å². The number of aromatic nitrogens is 3. The maximum absolute atomic E-state index is 14.4. The lowest BCUT2D eigenvalue weighted by molar-refractivity contribution is 0.0148. The minimum absolute atomic E-state index is 0.171. The number of hydrogen-bond acceptors (Lipinski definition) is 9. The van der Waals surface area contributed by atoms with Crippen LogP contribution in [0.4, 0.5) is 25.4 Å². The van der Waals surface area contributed by atoms with Gasteiger partial charge in [-0.25, -0.2) is 14.0 Å². The molecule has 0 radical (unpaired) electrons. The summed E-state index contributed by atoms with van der Waals surface area (Å²) in [6.45, 7) is 11.6. The number of carbonyl (C=O) groups is 2. The molecule has 0 spiro atoms. The van der Waals surface area contributed by atoms with Gasteiger partial charge in [-0.05, 0) is 84.0 Å². The topological polar surface area (TPSA) is 119 Å². The van der Waals surface area contributed by atoms with Crippen LogP contribution in [0, 0.1) is 5.82 Å². The van der Waals surface area contributed by atoms with Crippen molar-refractivity contribution in [2.45, 2.75) is 52.7 Å². The number of halogens is 2. The summed E-state index contributed by atoms with van der Waals surface area (Å²) in [7, 11) is 1.62. The van der Waals surface area contributed by atoms with Crippen molar-refractivity contribution in [3.05, 3.63) is 71.8 Å². The van der Waals surface area contributed by atoms with Gasteiger partial charge in [0, 0.05) is 54.1 Å². The van der Waals surface area contributed by atoms with Gasteiger partial charge in [-0.1, -0.05) is 11.6 Å². The second-order valence-corrected chi connectivity index (χ2v) is 13.3. The van der Waals surface area contributed by atoms with Crippen molar-refractivity contribution in [2.75, 3.05) is 38.6 Å². The quantitative estimate of drug-likeness (QED) is 0.181. The molecule has 0 aliphatic carbocycles. The molecule has 0 fully saturated rings. The van der Waals surface area contributed by atoms with Gasteiger partial charge >= 0.3 is 12.2 Å². The first-order valence-corrected chi connectivity index (χ1v) is 15.4. The van der Waals surface area contributed by atoms with E-state index in [4.69, 9.17) is 25.8 Å². The zero-order valence-corrected chi connectivity index (χ0v) is 28.4. The zero-order chi connectivity index (χ0) is 34.4. The van der Waals surface area contributed by atoms with Gasteiger partial charge in [0.15, 0.2) is 0 Å². The Balaban J connectivity index is 1.43. The van der Waals surface area contributed by atoms with Gasteiger partial charge in [0.05, 0.1) is 29.6 Å². The van der Waals surface area contributed by atoms with Gasteiger partial charge in [0.1, 0.15) is 29.4 Å². The number of rotatable bonds is 10. The smallest absolute Gasteiger partial charge is 0.410 e. The van der Waals surface area contributed by atoms with Crippen molar-refractivity contribution < 1.29 is 28.2 Å². The summed E-state index contributed by atoms with van der Waals surface area (Å²) in [5.74, 6) is 0.103. The van der Waals surface area contributed by atoms with Gasteiger partial charge in [-0.2, -0.15) is 10.2 Å². The van der Waals surface area contributed by atoms with Crippen LogP contribution in [0.25, 0.3) is 22.2 Å². The molecule has 1 N–H and O–H groups in total. The van der Waals surface area contributed by atoms with Gasteiger partial charge in [-0.15, -0.1) is 0 Å². The van der Waals surface area contributed by atoms with E-state index in [1.807, 2.05) is 12.1 Å². The number of likely N-dealkylation sites (N-methyl/N-ethyl adjacent to an activating group) is 1. The fourth-order valence-electron chi connectivity index (χ4n) is 4.34. The number of carbonyl (C=O) groups excluding carboxylic acids is 2. The second-order valence-electron chi connectivity index (χ2n) is 12.8. The molecule has 250 valence electrons. The highest BCUT2D eigenvalue weighted by Crippen LogP contribution is 2.30. The molecule has 13 heteroatoms. The number of pyridine rings is 1. The van der Waals surface area contributed by atoms with E-state index in [2.05, 4.69) is 20.5 Å². The van der Waals surface area contributed by atoms with E-state index >= 15 is 0 Å². The zero-order valence-electron chi connectivity index (χ0n) is 27.6. The van der Waals surface area contributed by atoms with E-state index in [0.717, 1.165) is 11.1 Å². The van der Waals surface area contributed by atoms with Crippen molar-refractivity contribution in [1.29, 1.82) is 0 Å². The molecule has 2 aromatic heterocycles. The molecule has 11 nitrogen and oxygen atoms in total. The Hall–Kier alpha value is -4.71. The first-order chi connectivity index (χ1) is 22.1. The summed E-state index contributed by atoms with van der Waals surface area (Å²) in [6.07, 6.45) is 2.20. The lowest BCUT2D eigenvalue weighted by Crippen LogP contribution is -2.44. The molecular weight excluding hydrogens is 627 g/mol. The molecule has 4 rings (SSSR count). The predicted octanol–water partition coefficient (Wildman–Crippen LogP) is 7.71. The minimum atomic E-state index is -0.692. The largest absolute Gasteiger partial charge is 0.492 e. The third-order valence-electron chi connectivity index (χ3n) is 6.54. The molecule has 4 aromatic rings. The molecule has 0 atom stereocenters. The van der Waals surface area contributed by atoms with Crippen LogP contribution in [0.15, 0.2) is 60.9 Å². The number of nitrogens with zero attached hydrogens (tertiary/aromatic N) is 5. The van der Waals surface area contributed by atoms with Crippen LogP contribution in [0.5, 0.6) is 5.75 Å². The van der Waals surface area contributed by atoms with E-state index in [1.54, 1.807) is 73.0 Å². The lowest BCUT2D eigenvalue weighted by Gasteiger charge is -2.29. The summed E-state index contributed by atoms with van der Waals surface area (Å²) < 4.78 is 31.4. The van der Waals surface area contributed by atoms with E-state index < -0.39 is 29.2 Å². The van der Waals surface area contributed by atoms with Crippen molar-refractivity contribution >= 4 is 46.1 Å². The molecule has 2 heterocycles. The molecule has 0 aliphatic heterocycles. The third-order valence-corrected chi connectivity index (χ3v) is 6.78. The highest BCUT2D eigenvalue weighted by Gasteiger charge is 2.24.